The highest BCUT2D eigenvalue weighted by atomic mass is 15.4. The fourth-order valence-electron chi connectivity index (χ4n) is 4.96. The van der Waals surface area contributed by atoms with Gasteiger partial charge in [0.15, 0.2) is 0 Å². The van der Waals surface area contributed by atoms with Crippen LogP contribution in [0.2, 0.25) is 0 Å². The van der Waals surface area contributed by atoms with Crippen LogP contribution in [0.25, 0.3) is 0 Å². The van der Waals surface area contributed by atoms with Crippen LogP contribution in [-0.4, -0.2) is 37.7 Å². The molecule has 3 heteroatoms. The first-order valence-corrected chi connectivity index (χ1v) is 10.9. The molecule has 0 saturated carbocycles. The Morgan fingerprint density at radius 3 is 1.76 bits per heavy atom. The van der Waals surface area contributed by atoms with Crippen LogP contribution in [0.1, 0.15) is 19.3 Å². The SMILES string of the molecule is C[N+]1(CCN2c3ccccc3N(c3ccccc3)c3ccccc32)CCCCC1. The number of quaternary nitrogens is 1. The first-order chi connectivity index (χ1) is 14.3. The van der Waals surface area contributed by atoms with Gasteiger partial charge >= 0.3 is 0 Å². The van der Waals surface area contributed by atoms with Gasteiger partial charge in [0.05, 0.1) is 56.0 Å². The van der Waals surface area contributed by atoms with Crippen LogP contribution in [0.5, 0.6) is 0 Å². The number of hydrogen-bond acceptors (Lipinski definition) is 2. The predicted octanol–water partition coefficient (Wildman–Crippen LogP) is 6.24. The van der Waals surface area contributed by atoms with Crippen molar-refractivity contribution in [3.63, 3.8) is 0 Å². The Balaban J connectivity index is 1.55. The Morgan fingerprint density at radius 1 is 0.655 bits per heavy atom. The van der Waals surface area contributed by atoms with Crippen molar-refractivity contribution in [2.75, 3.05) is 43.0 Å². The molecule has 5 rings (SSSR count). The number of rotatable bonds is 4. The summed E-state index contributed by atoms with van der Waals surface area (Å²) in [5.41, 5.74) is 6.34. The summed E-state index contributed by atoms with van der Waals surface area (Å²) >= 11 is 0. The molecule has 29 heavy (non-hydrogen) atoms. The first kappa shape index (κ1) is 18.3. The summed E-state index contributed by atoms with van der Waals surface area (Å²) in [6.45, 7) is 4.86. The number of nitrogens with zero attached hydrogens (tertiary/aromatic N) is 3. The van der Waals surface area contributed by atoms with Gasteiger partial charge in [0, 0.05) is 5.69 Å². The van der Waals surface area contributed by atoms with Gasteiger partial charge in [0.1, 0.15) is 0 Å². The minimum atomic E-state index is 1.05. The molecule has 0 aromatic heterocycles. The maximum atomic E-state index is 2.54. The van der Waals surface area contributed by atoms with Gasteiger partial charge in [-0.15, -0.1) is 0 Å². The highest BCUT2D eigenvalue weighted by Crippen LogP contribution is 2.50. The number of fused-ring (bicyclic) bond motifs is 2. The number of benzene rings is 3. The van der Waals surface area contributed by atoms with E-state index in [9.17, 15) is 0 Å². The number of hydrogen-bond donors (Lipinski definition) is 0. The van der Waals surface area contributed by atoms with Gasteiger partial charge in [-0.1, -0.05) is 42.5 Å². The van der Waals surface area contributed by atoms with Gasteiger partial charge in [-0.25, -0.2) is 0 Å². The van der Waals surface area contributed by atoms with E-state index in [1.54, 1.807) is 0 Å². The number of likely N-dealkylation sites (tertiary alicyclic amines) is 1. The molecule has 2 heterocycles. The van der Waals surface area contributed by atoms with Gasteiger partial charge in [-0.2, -0.15) is 0 Å². The van der Waals surface area contributed by atoms with Crippen LogP contribution >= 0.6 is 0 Å². The fraction of sp³-hybridized carbons (Fsp3) is 0.308. The molecule has 0 amide bonds. The molecule has 0 atom stereocenters. The van der Waals surface area contributed by atoms with Crippen molar-refractivity contribution in [3.05, 3.63) is 78.9 Å². The van der Waals surface area contributed by atoms with Crippen molar-refractivity contribution in [3.8, 4) is 0 Å². The van der Waals surface area contributed by atoms with E-state index in [1.165, 1.54) is 71.8 Å². The van der Waals surface area contributed by atoms with Gasteiger partial charge in [0.2, 0.25) is 0 Å². The lowest BCUT2D eigenvalue weighted by Gasteiger charge is -2.43. The quantitative estimate of drug-likeness (QED) is 0.491. The Labute approximate surface area is 174 Å². The molecule has 148 valence electrons. The normalized spacial score (nSPS) is 17.6. The van der Waals surface area contributed by atoms with Crippen molar-refractivity contribution >= 4 is 28.4 Å². The standard InChI is InChI=1S/C26H30N3/c1-29(19-10-3-11-20-29)21-18-27-23-14-6-8-16-25(23)28(22-12-4-2-5-13-22)26-17-9-7-15-24(26)27/h2,4-9,12-17H,3,10-11,18-21H2,1H3/q+1. The highest BCUT2D eigenvalue weighted by molar-refractivity contribution is 5.97. The van der Waals surface area contributed by atoms with Crippen LogP contribution < -0.4 is 9.80 Å². The molecule has 3 aromatic carbocycles. The molecule has 1 fully saturated rings. The summed E-state index contributed by atoms with van der Waals surface area (Å²) in [6.07, 6.45) is 4.13. The molecule has 3 nitrogen and oxygen atoms in total. The zero-order chi connectivity index (χ0) is 19.7. The molecule has 2 aliphatic heterocycles. The zero-order valence-electron chi connectivity index (χ0n) is 17.3. The van der Waals surface area contributed by atoms with Gasteiger partial charge in [-0.05, 0) is 55.7 Å². The van der Waals surface area contributed by atoms with Crippen molar-refractivity contribution in [1.82, 2.24) is 0 Å². The first-order valence-electron chi connectivity index (χ1n) is 10.9. The highest BCUT2D eigenvalue weighted by Gasteiger charge is 2.31. The van der Waals surface area contributed by atoms with Crippen molar-refractivity contribution < 1.29 is 4.48 Å². The third kappa shape index (κ3) is 3.40. The predicted molar refractivity (Wildman–Crippen MR) is 123 cm³/mol. The van der Waals surface area contributed by atoms with Crippen LogP contribution in [-0.2, 0) is 0 Å². The van der Waals surface area contributed by atoms with E-state index in [-0.39, 0.29) is 0 Å². The third-order valence-corrected chi connectivity index (χ3v) is 6.60. The van der Waals surface area contributed by atoms with E-state index < -0.39 is 0 Å². The van der Waals surface area contributed by atoms with Crippen LogP contribution in [0.15, 0.2) is 78.9 Å². The Hall–Kier alpha value is -2.78. The van der Waals surface area contributed by atoms with E-state index in [0.717, 1.165) is 6.54 Å². The minimum absolute atomic E-state index is 1.05. The summed E-state index contributed by atoms with van der Waals surface area (Å²) in [4.78, 5) is 4.94. The van der Waals surface area contributed by atoms with Crippen LogP contribution in [0, 0.1) is 0 Å². The molecule has 0 aliphatic carbocycles. The second kappa shape index (κ2) is 7.57. The average molecular weight is 385 g/mol. The summed E-state index contributed by atoms with van der Waals surface area (Å²) in [6, 6.07) is 28.4. The second-order valence-corrected chi connectivity index (χ2v) is 8.65. The average Bonchev–Trinajstić information content (AvgIpc) is 2.78. The zero-order valence-corrected chi connectivity index (χ0v) is 17.3. The monoisotopic (exact) mass is 384 g/mol. The van der Waals surface area contributed by atoms with Crippen LogP contribution in [0.3, 0.4) is 0 Å². The van der Waals surface area contributed by atoms with Crippen molar-refractivity contribution in [1.29, 1.82) is 0 Å². The van der Waals surface area contributed by atoms with Gasteiger partial charge in [-0.3, -0.25) is 0 Å². The largest absolute Gasteiger partial charge is 0.332 e. The lowest BCUT2D eigenvalue weighted by Crippen LogP contribution is -2.51. The lowest BCUT2D eigenvalue weighted by atomic mass is 10.1. The molecule has 0 unspecified atom stereocenters. The third-order valence-electron chi connectivity index (χ3n) is 6.60. The maximum absolute atomic E-state index is 2.54. The van der Waals surface area contributed by atoms with E-state index in [2.05, 4.69) is 95.7 Å². The van der Waals surface area contributed by atoms with E-state index in [0.29, 0.717) is 0 Å². The van der Waals surface area contributed by atoms with E-state index >= 15 is 0 Å². The van der Waals surface area contributed by atoms with Gasteiger partial charge in [0.25, 0.3) is 0 Å². The number of para-hydroxylation sites is 5. The Kier molecular flexibility index (Phi) is 4.76. The summed E-state index contributed by atoms with van der Waals surface area (Å²) in [5, 5.41) is 0. The second-order valence-electron chi connectivity index (χ2n) is 8.65. The fourth-order valence-corrected chi connectivity index (χ4v) is 4.96. The number of anilines is 5. The summed E-state index contributed by atoms with van der Waals surface area (Å²) in [5.74, 6) is 0. The minimum Gasteiger partial charge on any atom is -0.332 e. The molecule has 0 spiro atoms. The van der Waals surface area contributed by atoms with E-state index in [4.69, 9.17) is 0 Å². The maximum Gasteiger partial charge on any atom is 0.0967 e. The molecular formula is C26H30N3+. The number of piperidine rings is 1. The molecule has 0 radical (unpaired) electrons. The van der Waals surface area contributed by atoms with Gasteiger partial charge < -0.3 is 14.3 Å². The Bertz CT molecular complexity index is 929. The molecule has 0 N–H and O–H groups in total. The molecule has 3 aromatic rings. The Morgan fingerprint density at radius 2 is 1.17 bits per heavy atom. The molecule has 0 bridgehead atoms. The molecule has 2 aliphatic rings. The van der Waals surface area contributed by atoms with Crippen molar-refractivity contribution in [2.45, 2.75) is 19.3 Å². The van der Waals surface area contributed by atoms with E-state index in [1.807, 2.05) is 0 Å². The van der Waals surface area contributed by atoms with Crippen LogP contribution in [0.4, 0.5) is 28.4 Å². The molecule has 1 saturated heterocycles. The molecular weight excluding hydrogens is 354 g/mol. The number of likely N-dealkylation sites (N-methyl/N-ethyl adjacent to an activating group) is 1. The lowest BCUT2D eigenvalue weighted by molar-refractivity contribution is -0.912. The topological polar surface area (TPSA) is 6.48 Å². The summed E-state index contributed by atoms with van der Waals surface area (Å²) < 4.78 is 1.20. The smallest absolute Gasteiger partial charge is 0.0967 e. The van der Waals surface area contributed by atoms with Crippen molar-refractivity contribution in [2.24, 2.45) is 0 Å². The summed E-state index contributed by atoms with van der Waals surface area (Å²) in [7, 11) is 2.44.